The summed E-state index contributed by atoms with van der Waals surface area (Å²) < 4.78 is 25.3. The maximum absolute atomic E-state index is 14.5. The van der Waals surface area contributed by atoms with Gasteiger partial charge in [0.2, 0.25) is 5.91 Å². The highest BCUT2D eigenvalue weighted by molar-refractivity contribution is 6.06. The number of methoxy groups -OCH3 is 1. The molecule has 194 valence electrons. The lowest BCUT2D eigenvalue weighted by Crippen LogP contribution is -2.47. The molecule has 0 unspecified atom stereocenters. The van der Waals surface area contributed by atoms with Crippen LogP contribution in [-0.4, -0.2) is 66.1 Å². The number of hydrogen-bond donors (Lipinski definition) is 3. The average Bonchev–Trinajstić information content (AvgIpc) is 3.31. The van der Waals surface area contributed by atoms with Crippen molar-refractivity contribution in [2.75, 3.05) is 38.7 Å². The van der Waals surface area contributed by atoms with Gasteiger partial charge in [-0.2, -0.15) is 0 Å². The van der Waals surface area contributed by atoms with E-state index in [4.69, 9.17) is 9.47 Å². The number of benzene rings is 1. The Balaban J connectivity index is 1.60. The first-order valence-electron chi connectivity index (χ1n) is 12.1. The summed E-state index contributed by atoms with van der Waals surface area (Å²) in [5, 5.41) is 6.09. The van der Waals surface area contributed by atoms with E-state index in [1.807, 2.05) is 0 Å². The van der Waals surface area contributed by atoms with Crippen LogP contribution in [0, 0.1) is 17.7 Å². The minimum absolute atomic E-state index is 0.0311. The fourth-order valence-electron chi connectivity index (χ4n) is 4.63. The van der Waals surface area contributed by atoms with Crippen molar-refractivity contribution < 1.29 is 23.5 Å². The Kier molecular flexibility index (Phi) is 7.11. The second kappa shape index (κ2) is 10.8. The second-order valence-electron chi connectivity index (χ2n) is 8.70. The first-order valence-corrected chi connectivity index (χ1v) is 12.1. The monoisotopic (exact) mass is 515 g/mol. The topological polar surface area (TPSA) is 109 Å². The van der Waals surface area contributed by atoms with Crippen LogP contribution in [-0.2, 0) is 16.0 Å². The molecule has 1 atom stereocenters. The van der Waals surface area contributed by atoms with Crippen LogP contribution in [0.1, 0.15) is 21.6 Å². The van der Waals surface area contributed by atoms with Crippen molar-refractivity contribution in [1.82, 2.24) is 20.2 Å². The van der Waals surface area contributed by atoms with Crippen molar-refractivity contribution in [3.63, 3.8) is 0 Å². The zero-order valence-corrected chi connectivity index (χ0v) is 20.8. The van der Waals surface area contributed by atoms with E-state index in [0.717, 1.165) is 5.69 Å². The van der Waals surface area contributed by atoms with E-state index in [9.17, 15) is 14.0 Å². The first kappa shape index (κ1) is 25.0. The molecule has 3 aromatic rings. The Bertz CT molecular complexity index is 1470. The van der Waals surface area contributed by atoms with Crippen LogP contribution < -0.4 is 15.4 Å². The van der Waals surface area contributed by atoms with E-state index < -0.39 is 11.9 Å². The van der Waals surface area contributed by atoms with Crippen molar-refractivity contribution in [2.24, 2.45) is 0 Å². The Hall–Kier alpha value is -4.62. The quantitative estimate of drug-likeness (QED) is 0.356. The van der Waals surface area contributed by atoms with Crippen molar-refractivity contribution in [2.45, 2.75) is 12.5 Å². The minimum atomic E-state index is -0.531. The summed E-state index contributed by atoms with van der Waals surface area (Å²) in [6.45, 7) is 5.21. The molecule has 0 bridgehead atoms. The number of H-pyrrole nitrogens is 1. The molecule has 0 spiro atoms. The summed E-state index contributed by atoms with van der Waals surface area (Å²) >= 11 is 0. The third kappa shape index (κ3) is 4.71. The van der Waals surface area contributed by atoms with Crippen molar-refractivity contribution in [3.8, 4) is 28.8 Å². The molecule has 2 amide bonds. The number of anilines is 2. The highest BCUT2D eigenvalue weighted by Gasteiger charge is 2.29. The molecule has 0 radical (unpaired) electrons. The fraction of sp³-hybridized carbons (Fsp3) is 0.250. The van der Waals surface area contributed by atoms with Crippen molar-refractivity contribution >= 4 is 23.2 Å². The van der Waals surface area contributed by atoms with Gasteiger partial charge in [-0.1, -0.05) is 24.5 Å². The van der Waals surface area contributed by atoms with E-state index in [2.05, 4.69) is 39.0 Å². The third-order valence-corrected chi connectivity index (χ3v) is 6.45. The number of para-hydroxylation sites is 1. The molecule has 3 N–H and O–H groups in total. The molecule has 4 heterocycles. The van der Waals surface area contributed by atoms with E-state index in [1.165, 1.54) is 19.3 Å². The average molecular weight is 516 g/mol. The molecule has 1 aromatic carbocycles. The van der Waals surface area contributed by atoms with Gasteiger partial charge in [0.1, 0.15) is 6.04 Å². The number of aromatic amines is 1. The van der Waals surface area contributed by atoms with Gasteiger partial charge in [-0.05, 0) is 24.3 Å². The highest BCUT2D eigenvalue weighted by atomic mass is 19.1. The van der Waals surface area contributed by atoms with Crippen LogP contribution in [0.5, 0.6) is 5.75 Å². The van der Waals surface area contributed by atoms with Gasteiger partial charge < -0.3 is 30.0 Å². The molecular weight excluding hydrogens is 489 g/mol. The van der Waals surface area contributed by atoms with Crippen molar-refractivity contribution in [1.29, 1.82) is 0 Å². The number of morpholine rings is 1. The standard InChI is InChI=1S/C28H26FN5O4/c1-3-23(35)34-13-14-38-16-18(34)8-7-17-15-30-11-9-19(17)25-26(24-21(32-25)10-12-31-28(24)36)33-22-6-4-5-20(29)27(22)37-2/h3-6,9,11,15,18,32-33H,1,10,12-14,16H2,2H3,(H,31,36)/t18-/m0/s1. The van der Waals surface area contributed by atoms with Gasteiger partial charge >= 0.3 is 0 Å². The SMILES string of the molecule is C=CC(=O)N1CCOC[C@@H]1C#Cc1cnccc1-c1[nH]c2c(c1Nc1cccc(F)c1OC)C(=O)NCC2. The Morgan fingerprint density at radius 3 is 3.08 bits per heavy atom. The number of nitrogens with zero attached hydrogens (tertiary/aromatic N) is 2. The van der Waals surface area contributed by atoms with E-state index in [1.54, 1.807) is 35.5 Å². The smallest absolute Gasteiger partial charge is 0.255 e. The summed E-state index contributed by atoms with van der Waals surface area (Å²) in [5.74, 6) is 5.33. The van der Waals surface area contributed by atoms with Gasteiger partial charge in [0.05, 0.1) is 48.5 Å². The summed E-state index contributed by atoms with van der Waals surface area (Å²) in [6, 6.07) is 5.88. The van der Waals surface area contributed by atoms with Gasteiger partial charge in [0.15, 0.2) is 11.6 Å². The maximum atomic E-state index is 14.5. The molecule has 38 heavy (non-hydrogen) atoms. The molecule has 1 saturated heterocycles. The molecule has 2 aliphatic heterocycles. The summed E-state index contributed by atoms with van der Waals surface area (Å²) in [6.07, 6.45) is 5.12. The Labute approximate surface area is 219 Å². The number of ether oxygens (including phenoxy) is 2. The predicted molar refractivity (Wildman–Crippen MR) is 140 cm³/mol. The number of aromatic nitrogens is 2. The lowest BCUT2D eigenvalue weighted by atomic mass is 10.0. The zero-order chi connectivity index (χ0) is 26.6. The van der Waals surface area contributed by atoms with Crippen LogP contribution in [0.25, 0.3) is 11.3 Å². The zero-order valence-electron chi connectivity index (χ0n) is 20.8. The van der Waals surface area contributed by atoms with E-state index >= 15 is 0 Å². The predicted octanol–water partition coefficient (Wildman–Crippen LogP) is 3.02. The molecule has 1 fully saturated rings. The lowest BCUT2D eigenvalue weighted by Gasteiger charge is -2.31. The molecule has 2 aliphatic rings. The normalized spacial score (nSPS) is 16.5. The molecule has 9 nitrogen and oxygen atoms in total. The summed E-state index contributed by atoms with van der Waals surface area (Å²) in [4.78, 5) is 34.5. The van der Waals surface area contributed by atoms with E-state index in [0.29, 0.717) is 59.9 Å². The molecule has 0 saturated carbocycles. The summed E-state index contributed by atoms with van der Waals surface area (Å²) in [7, 11) is 1.38. The van der Waals surface area contributed by atoms with Gasteiger partial charge in [-0.25, -0.2) is 4.39 Å². The molecule has 0 aliphatic carbocycles. The largest absolute Gasteiger partial charge is 0.492 e. The number of amides is 2. The third-order valence-electron chi connectivity index (χ3n) is 6.45. The number of carbonyl (C=O) groups excluding carboxylic acids is 2. The van der Waals surface area contributed by atoms with Crippen LogP contribution in [0.4, 0.5) is 15.8 Å². The summed E-state index contributed by atoms with van der Waals surface area (Å²) in [5.41, 5.74) is 3.90. The minimum Gasteiger partial charge on any atom is -0.492 e. The number of hydrogen-bond acceptors (Lipinski definition) is 6. The maximum Gasteiger partial charge on any atom is 0.255 e. The molecule has 10 heteroatoms. The van der Waals surface area contributed by atoms with Gasteiger partial charge in [-0.3, -0.25) is 14.6 Å². The van der Waals surface area contributed by atoms with E-state index in [-0.39, 0.29) is 24.2 Å². The Morgan fingerprint density at radius 1 is 1.39 bits per heavy atom. The van der Waals surface area contributed by atoms with Crippen LogP contribution in [0.15, 0.2) is 49.3 Å². The van der Waals surface area contributed by atoms with Crippen LogP contribution >= 0.6 is 0 Å². The number of pyridine rings is 1. The number of nitrogens with one attached hydrogen (secondary N) is 3. The second-order valence-corrected chi connectivity index (χ2v) is 8.70. The molecular formula is C28H26FN5O4. The van der Waals surface area contributed by atoms with Gasteiger partial charge in [0.25, 0.3) is 5.91 Å². The van der Waals surface area contributed by atoms with Crippen molar-refractivity contribution in [3.05, 3.63) is 72.0 Å². The lowest BCUT2D eigenvalue weighted by molar-refractivity contribution is -0.132. The molecule has 5 rings (SSSR count). The number of halogens is 1. The number of rotatable bonds is 5. The number of carbonyl (C=O) groups is 2. The van der Waals surface area contributed by atoms with Gasteiger partial charge in [-0.15, -0.1) is 0 Å². The van der Waals surface area contributed by atoms with Gasteiger partial charge in [0, 0.05) is 43.2 Å². The Morgan fingerprint density at radius 2 is 2.26 bits per heavy atom. The van der Waals surface area contributed by atoms with Crippen LogP contribution in [0.2, 0.25) is 0 Å². The van der Waals surface area contributed by atoms with Crippen LogP contribution in [0.3, 0.4) is 0 Å². The number of fused-ring (bicyclic) bond motifs is 1. The molecule has 2 aromatic heterocycles. The highest BCUT2D eigenvalue weighted by Crippen LogP contribution is 2.40. The first-order chi connectivity index (χ1) is 18.5. The fourth-order valence-corrected chi connectivity index (χ4v) is 4.63.